The van der Waals surface area contributed by atoms with Gasteiger partial charge in [-0.05, 0) is 14.0 Å². The minimum absolute atomic E-state index is 0.318. The second-order valence-electron chi connectivity index (χ2n) is 3.48. The molecule has 1 unspecified atom stereocenters. The van der Waals surface area contributed by atoms with Crippen LogP contribution in [0.2, 0.25) is 0 Å². The zero-order valence-electron chi connectivity index (χ0n) is 8.04. The van der Waals surface area contributed by atoms with Crippen LogP contribution in [-0.4, -0.2) is 46.8 Å². The van der Waals surface area contributed by atoms with E-state index in [0.29, 0.717) is 6.04 Å². The van der Waals surface area contributed by atoms with E-state index in [9.17, 15) is 0 Å². The molecule has 5 nitrogen and oxygen atoms in total. The molecular formula is C8H15N5. The van der Waals surface area contributed by atoms with Gasteiger partial charge in [-0.2, -0.15) is 5.10 Å². The molecule has 1 atom stereocenters. The highest BCUT2D eigenvalue weighted by Crippen LogP contribution is 2.15. The Hall–Kier alpha value is -0.940. The average molecular weight is 181 g/mol. The van der Waals surface area contributed by atoms with Gasteiger partial charge in [-0.3, -0.25) is 10.00 Å². The summed E-state index contributed by atoms with van der Waals surface area (Å²) in [4.78, 5) is 6.61. The molecule has 5 heteroatoms. The van der Waals surface area contributed by atoms with E-state index in [0.717, 1.165) is 31.3 Å². The van der Waals surface area contributed by atoms with Gasteiger partial charge in [0.2, 0.25) is 0 Å². The number of hydrogen-bond donors (Lipinski definition) is 2. The van der Waals surface area contributed by atoms with Crippen LogP contribution in [0.15, 0.2) is 0 Å². The number of aryl methyl sites for hydroxylation is 1. The third-order valence-corrected chi connectivity index (χ3v) is 2.42. The summed E-state index contributed by atoms with van der Waals surface area (Å²) in [6.07, 6.45) is 0. The normalized spacial score (nSPS) is 24.9. The summed E-state index contributed by atoms with van der Waals surface area (Å²) in [5, 5.41) is 10.4. The molecule has 2 rings (SSSR count). The van der Waals surface area contributed by atoms with E-state index < -0.39 is 0 Å². The van der Waals surface area contributed by atoms with Crippen LogP contribution in [0.25, 0.3) is 0 Å². The first-order chi connectivity index (χ1) is 6.27. The first-order valence-electron chi connectivity index (χ1n) is 4.57. The molecule has 0 amide bonds. The van der Waals surface area contributed by atoms with Crippen LogP contribution in [-0.2, 0) is 0 Å². The average Bonchev–Trinajstić information content (AvgIpc) is 2.53. The number of aromatic amines is 1. The van der Waals surface area contributed by atoms with Crippen molar-refractivity contribution in [1.82, 2.24) is 25.4 Å². The maximum atomic E-state index is 4.34. The van der Waals surface area contributed by atoms with Gasteiger partial charge in [0.1, 0.15) is 5.82 Å². The molecule has 1 aromatic heterocycles. The molecule has 0 aromatic carbocycles. The lowest BCUT2D eigenvalue weighted by atomic mass is 10.2. The molecule has 1 fully saturated rings. The summed E-state index contributed by atoms with van der Waals surface area (Å²) in [5.74, 6) is 1.78. The summed E-state index contributed by atoms with van der Waals surface area (Å²) in [5.41, 5.74) is 0. The SMILES string of the molecule is Cc1nc(C2CNCCN2C)n[nH]1. The van der Waals surface area contributed by atoms with E-state index in [1.165, 1.54) is 0 Å². The van der Waals surface area contributed by atoms with Gasteiger partial charge in [-0.1, -0.05) is 0 Å². The van der Waals surface area contributed by atoms with Crippen molar-refractivity contribution in [2.24, 2.45) is 0 Å². The monoisotopic (exact) mass is 181 g/mol. The lowest BCUT2D eigenvalue weighted by molar-refractivity contribution is 0.194. The van der Waals surface area contributed by atoms with Crippen molar-refractivity contribution in [3.63, 3.8) is 0 Å². The van der Waals surface area contributed by atoms with Crippen molar-refractivity contribution in [3.8, 4) is 0 Å². The fourth-order valence-electron chi connectivity index (χ4n) is 1.60. The Balaban J connectivity index is 2.14. The van der Waals surface area contributed by atoms with Crippen molar-refractivity contribution in [3.05, 3.63) is 11.6 Å². The minimum Gasteiger partial charge on any atom is -0.313 e. The van der Waals surface area contributed by atoms with Crippen molar-refractivity contribution in [1.29, 1.82) is 0 Å². The Labute approximate surface area is 77.5 Å². The smallest absolute Gasteiger partial charge is 0.169 e. The highest BCUT2D eigenvalue weighted by molar-refractivity contribution is 4.98. The van der Waals surface area contributed by atoms with Crippen molar-refractivity contribution in [2.75, 3.05) is 26.7 Å². The summed E-state index contributed by atoms with van der Waals surface area (Å²) < 4.78 is 0. The van der Waals surface area contributed by atoms with Crippen LogP contribution >= 0.6 is 0 Å². The van der Waals surface area contributed by atoms with Crippen LogP contribution in [0, 0.1) is 6.92 Å². The molecule has 2 heterocycles. The van der Waals surface area contributed by atoms with Crippen molar-refractivity contribution < 1.29 is 0 Å². The quantitative estimate of drug-likeness (QED) is 0.624. The lowest BCUT2D eigenvalue weighted by Crippen LogP contribution is -2.44. The predicted molar refractivity (Wildman–Crippen MR) is 49.4 cm³/mol. The van der Waals surface area contributed by atoms with Crippen LogP contribution < -0.4 is 5.32 Å². The molecule has 0 spiro atoms. The number of rotatable bonds is 1. The van der Waals surface area contributed by atoms with Gasteiger partial charge in [0.25, 0.3) is 0 Å². The number of nitrogens with zero attached hydrogens (tertiary/aromatic N) is 3. The first kappa shape index (κ1) is 8.65. The van der Waals surface area contributed by atoms with Gasteiger partial charge in [-0.15, -0.1) is 0 Å². The highest BCUT2D eigenvalue weighted by Gasteiger charge is 2.23. The van der Waals surface area contributed by atoms with Crippen LogP contribution in [0.3, 0.4) is 0 Å². The molecule has 2 N–H and O–H groups in total. The zero-order chi connectivity index (χ0) is 9.26. The second kappa shape index (κ2) is 3.43. The van der Waals surface area contributed by atoms with Crippen LogP contribution in [0.4, 0.5) is 0 Å². The molecule has 1 aliphatic rings. The standard InChI is InChI=1S/C8H15N5/c1-6-10-8(12-11-6)7-5-9-3-4-13(7)2/h7,9H,3-5H2,1-2H3,(H,10,11,12). The van der Waals surface area contributed by atoms with Gasteiger partial charge in [0.05, 0.1) is 6.04 Å². The summed E-state index contributed by atoms with van der Waals surface area (Å²) in [6, 6.07) is 0.318. The molecule has 1 aromatic rings. The molecule has 1 saturated heterocycles. The second-order valence-corrected chi connectivity index (χ2v) is 3.48. The summed E-state index contributed by atoms with van der Waals surface area (Å²) >= 11 is 0. The molecule has 0 bridgehead atoms. The van der Waals surface area contributed by atoms with Crippen molar-refractivity contribution in [2.45, 2.75) is 13.0 Å². The van der Waals surface area contributed by atoms with E-state index in [2.05, 4.69) is 32.4 Å². The van der Waals surface area contributed by atoms with Gasteiger partial charge in [-0.25, -0.2) is 4.98 Å². The van der Waals surface area contributed by atoms with Gasteiger partial charge in [0, 0.05) is 19.6 Å². The third kappa shape index (κ3) is 1.71. The Kier molecular flexibility index (Phi) is 2.28. The fraction of sp³-hybridized carbons (Fsp3) is 0.750. The number of hydrogen-bond acceptors (Lipinski definition) is 4. The van der Waals surface area contributed by atoms with E-state index >= 15 is 0 Å². The molecule has 13 heavy (non-hydrogen) atoms. The van der Waals surface area contributed by atoms with E-state index in [1.807, 2.05) is 6.92 Å². The third-order valence-electron chi connectivity index (χ3n) is 2.42. The maximum Gasteiger partial charge on any atom is 0.169 e. The van der Waals surface area contributed by atoms with E-state index in [-0.39, 0.29) is 0 Å². The largest absolute Gasteiger partial charge is 0.313 e. The Morgan fingerprint density at radius 3 is 3.00 bits per heavy atom. The molecule has 0 aliphatic carbocycles. The molecule has 1 aliphatic heterocycles. The molecular weight excluding hydrogens is 166 g/mol. The number of H-pyrrole nitrogens is 1. The number of aromatic nitrogens is 3. The fourth-order valence-corrected chi connectivity index (χ4v) is 1.60. The van der Waals surface area contributed by atoms with E-state index in [4.69, 9.17) is 0 Å². The Morgan fingerprint density at radius 2 is 2.38 bits per heavy atom. The number of nitrogens with one attached hydrogen (secondary N) is 2. The first-order valence-corrected chi connectivity index (χ1v) is 4.57. The van der Waals surface area contributed by atoms with E-state index in [1.54, 1.807) is 0 Å². The topological polar surface area (TPSA) is 56.8 Å². The Bertz CT molecular complexity index is 282. The predicted octanol–water partition coefficient (Wildman–Crippen LogP) is -0.311. The van der Waals surface area contributed by atoms with Gasteiger partial charge < -0.3 is 5.32 Å². The number of likely N-dealkylation sites (N-methyl/N-ethyl adjacent to an activating group) is 1. The minimum atomic E-state index is 0.318. The molecule has 0 saturated carbocycles. The Morgan fingerprint density at radius 1 is 1.54 bits per heavy atom. The zero-order valence-corrected chi connectivity index (χ0v) is 8.04. The summed E-state index contributed by atoms with van der Waals surface area (Å²) in [6.45, 7) is 4.97. The van der Waals surface area contributed by atoms with Gasteiger partial charge >= 0.3 is 0 Å². The van der Waals surface area contributed by atoms with Crippen LogP contribution in [0.5, 0.6) is 0 Å². The maximum absolute atomic E-state index is 4.34. The van der Waals surface area contributed by atoms with Crippen molar-refractivity contribution >= 4 is 0 Å². The highest BCUT2D eigenvalue weighted by atomic mass is 15.3. The summed E-state index contributed by atoms with van der Waals surface area (Å²) in [7, 11) is 2.11. The number of piperazine rings is 1. The van der Waals surface area contributed by atoms with Crippen LogP contribution in [0.1, 0.15) is 17.7 Å². The lowest BCUT2D eigenvalue weighted by Gasteiger charge is -2.30. The van der Waals surface area contributed by atoms with Gasteiger partial charge in [0.15, 0.2) is 5.82 Å². The molecule has 0 radical (unpaired) electrons. The molecule has 72 valence electrons.